The molecular formula is C13H15BrFN3. The number of aryl methyl sites for hydroxylation is 3. The summed E-state index contributed by atoms with van der Waals surface area (Å²) in [7, 11) is 1.90. The smallest absolute Gasteiger partial charge is 0.125 e. The minimum atomic E-state index is -0.233. The summed E-state index contributed by atoms with van der Waals surface area (Å²) in [5.74, 6) is -0.233. The molecule has 0 spiro atoms. The summed E-state index contributed by atoms with van der Waals surface area (Å²) in [6.07, 6.45) is 0. The van der Waals surface area contributed by atoms with E-state index in [0.29, 0.717) is 6.54 Å². The first-order valence-corrected chi connectivity index (χ1v) is 6.46. The first-order chi connectivity index (χ1) is 8.49. The Hall–Kier alpha value is -1.36. The van der Waals surface area contributed by atoms with Crippen molar-refractivity contribution in [3.05, 3.63) is 45.4 Å². The van der Waals surface area contributed by atoms with Crippen LogP contribution in [-0.2, 0) is 13.6 Å². The van der Waals surface area contributed by atoms with Crippen LogP contribution >= 0.6 is 15.9 Å². The van der Waals surface area contributed by atoms with Crippen LogP contribution in [0.25, 0.3) is 0 Å². The third-order valence-corrected chi connectivity index (χ3v) is 3.94. The molecule has 0 aliphatic heterocycles. The van der Waals surface area contributed by atoms with E-state index in [1.807, 2.05) is 25.6 Å². The molecule has 0 unspecified atom stereocenters. The van der Waals surface area contributed by atoms with Crippen molar-refractivity contribution in [3.63, 3.8) is 0 Å². The molecule has 1 aromatic carbocycles. The average molecular weight is 312 g/mol. The van der Waals surface area contributed by atoms with E-state index in [0.717, 1.165) is 27.1 Å². The fraction of sp³-hybridized carbons (Fsp3) is 0.308. The Balaban J connectivity index is 2.19. The number of halogens is 2. The standard InChI is InChI=1S/C13H15BrFN3/c1-8-4-5-10(15)6-11(8)16-7-12-13(14)9(2)17-18(12)3/h4-6,16H,7H2,1-3H3. The second kappa shape index (κ2) is 5.10. The summed E-state index contributed by atoms with van der Waals surface area (Å²) in [5.41, 5.74) is 3.81. The van der Waals surface area contributed by atoms with Crippen molar-refractivity contribution >= 4 is 21.6 Å². The third kappa shape index (κ3) is 2.56. The molecule has 2 aromatic rings. The van der Waals surface area contributed by atoms with Crippen LogP contribution in [-0.4, -0.2) is 9.78 Å². The van der Waals surface area contributed by atoms with E-state index in [1.165, 1.54) is 12.1 Å². The van der Waals surface area contributed by atoms with Crippen molar-refractivity contribution < 1.29 is 4.39 Å². The molecule has 96 valence electrons. The van der Waals surface area contributed by atoms with Gasteiger partial charge in [0.25, 0.3) is 0 Å². The molecule has 0 radical (unpaired) electrons. The molecule has 0 saturated heterocycles. The maximum Gasteiger partial charge on any atom is 0.125 e. The minimum absolute atomic E-state index is 0.233. The molecule has 1 N–H and O–H groups in total. The maximum absolute atomic E-state index is 13.2. The number of hydrogen-bond donors (Lipinski definition) is 1. The van der Waals surface area contributed by atoms with Crippen molar-refractivity contribution in [1.29, 1.82) is 0 Å². The van der Waals surface area contributed by atoms with Crippen LogP contribution in [0, 0.1) is 19.7 Å². The first kappa shape index (κ1) is 13.1. The number of rotatable bonds is 3. The van der Waals surface area contributed by atoms with Crippen LogP contribution in [0.1, 0.15) is 17.0 Å². The molecule has 18 heavy (non-hydrogen) atoms. The van der Waals surface area contributed by atoms with Gasteiger partial charge in [-0.1, -0.05) is 6.07 Å². The van der Waals surface area contributed by atoms with Crippen LogP contribution in [0.3, 0.4) is 0 Å². The van der Waals surface area contributed by atoms with Gasteiger partial charge in [-0.3, -0.25) is 4.68 Å². The predicted molar refractivity (Wildman–Crippen MR) is 74.1 cm³/mol. The Morgan fingerprint density at radius 3 is 2.72 bits per heavy atom. The quantitative estimate of drug-likeness (QED) is 0.939. The van der Waals surface area contributed by atoms with Crippen LogP contribution < -0.4 is 5.32 Å². The lowest BCUT2D eigenvalue weighted by molar-refractivity contribution is 0.627. The van der Waals surface area contributed by atoms with Crippen molar-refractivity contribution in [2.45, 2.75) is 20.4 Å². The highest BCUT2D eigenvalue weighted by Gasteiger charge is 2.10. The summed E-state index contributed by atoms with van der Waals surface area (Å²) >= 11 is 3.51. The first-order valence-electron chi connectivity index (χ1n) is 5.67. The average Bonchev–Trinajstić information content (AvgIpc) is 2.55. The van der Waals surface area contributed by atoms with Crippen LogP contribution in [0.15, 0.2) is 22.7 Å². The third-order valence-electron chi connectivity index (χ3n) is 2.91. The SMILES string of the molecule is Cc1ccc(F)cc1NCc1c(Br)c(C)nn1C. The summed E-state index contributed by atoms with van der Waals surface area (Å²) < 4.78 is 16.0. The van der Waals surface area contributed by atoms with E-state index in [-0.39, 0.29) is 5.82 Å². The van der Waals surface area contributed by atoms with E-state index in [1.54, 1.807) is 6.07 Å². The van der Waals surface area contributed by atoms with Gasteiger partial charge in [-0.15, -0.1) is 0 Å². The lowest BCUT2D eigenvalue weighted by Gasteiger charge is -2.10. The van der Waals surface area contributed by atoms with Gasteiger partial charge in [-0.05, 0) is 47.5 Å². The molecular weight excluding hydrogens is 297 g/mol. The molecule has 0 atom stereocenters. The number of benzene rings is 1. The molecule has 0 fully saturated rings. The molecule has 5 heteroatoms. The van der Waals surface area contributed by atoms with Crippen molar-refractivity contribution in [3.8, 4) is 0 Å². The highest BCUT2D eigenvalue weighted by Crippen LogP contribution is 2.22. The lowest BCUT2D eigenvalue weighted by atomic mass is 10.2. The minimum Gasteiger partial charge on any atom is -0.379 e. The van der Waals surface area contributed by atoms with Gasteiger partial charge < -0.3 is 5.32 Å². The number of hydrogen-bond acceptors (Lipinski definition) is 2. The monoisotopic (exact) mass is 311 g/mol. The van der Waals surface area contributed by atoms with E-state index in [9.17, 15) is 4.39 Å². The Bertz CT molecular complexity index is 578. The van der Waals surface area contributed by atoms with Crippen molar-refractivity contribution in [2.75, 3.05) is 5.32 Å². The molecule has 2 rings (SSSR count). The number of nitrogens with zero attached hydrogens (tertiary/aromatic N) is 2. The lowest BCUT2D eigenvalue weighted by Crippen LogP contribution is -2.07. The Labute approximate surface area is 114 Å². The number of anilines is 1. The largest absolute Gasteiger partial charge is 0.379 e. The number of nitrogens with one attached hydrogen (secondary N) is 1. The van der Waals surface area contributed by atoms with Crippen LogP contribution in [0.4, 0.5) is 10.1 Å². The Morgan fingerprint density at radius 2 is 2.11 bits per heavy atom. The predicted octanol–water partition coefficient (Wildman–Crippen LogP) is 3.55. The van der Waals surface area contributed by atoms with Gasteiger partial charge in [-0.2, -0.15) is 5.10 Å². The fourth-order valence-corrected chi connectivity index (χ4v) is 2.31. The van der Waals surface area contributed by atoms with Crippen LogP contribution in [0.5, 0.6) is 0 Å². The van der Waals surface area contributed by atoms with E-state index in [4.69, 9.17) is 0 Å². The van der Waals surface area contributed by atoms with Crippen LogP contribution in [0.2, 0.25) is 0 Å². The van der Waals surface area contributed by atoms with Gasteiger partial charge in [0.1, 0.15) is 5.82 Å². The zero-order valence-corrected chi connectivity index (χ0v) is 12.2. The van der Waals surface area contributed by atoms with Crippen molar-refractivity contribution in [2.24, 2.45) is 7.05 Å². The van der Waals surface area contributed by atoms with Gasteiger partial charge in [-0.25, -0.2) is 4.39 Å². The maximum atomic E-state index is 13.2. The summed E-state index contributed by atoms with van der Waals surface area (Å²) in [6.45, 7) is 4.49. The molecule has 1 heterocycles. The zero-order chi connectivity index (χ0) is 13.3. The second-order valence-corrected chi connectivity index (χ2v) is 5.08. The summed E-state index contributed by atoms with van der Waals surface area (Å²) in [4.78, 5) is 0. The fourth-order valence-electron chi connectivity index (χ4n) is 1.84. The highest BCUT2D eigenvalue weighted by atomic mass is 79.9. The van der Waals surface area contributed by atoms with Gasteiger partial charge in [0.05, 0.1) is 22.4 Å². The zero-order valence-electron chi connectivity index (χ0n) is 10.6. The molecule has 0 aliphatic carbocycles. The molecule has 3 nitrogen and oxygen atoms in total. The molecule has 0 bridgehead atoms. The highest BCUT2D eigenvalue weighted by molar-refractivity contribution is 9.10. The second-order valence-electron chi connectivity index (χ2n) is 4.28. The number of aromatic nitrogens is 2. The van der Waals surface area contributed by atoms with E-state index in [2.05, 4.69) is 26.3 Å². The Morgan fingerprint density at radius 1 is 1.39 bits per heavy atom. The Kier molecular flexibility index (Phi) is 3.71. The summed E-state index contributed by atoms with van der Waals surface area (Å²) in [6, 6.07) is 4.73. The van der Waals surface area contributed by atoms with Crippen molar-refractivity contribution in [1.82, 2.24) is 9.78 Å². The topological polar surface area (TPSA) is 29.9 Å². The molecule has 0 saturated carbocycles. The molecule has 0 amide bonds. The summed E-state index contributed by atoms with van der Waals surface area (Å²) in [5, 5.41) is 7.55. The van der Waals surface area contributed by atoms with Gasteiger partial charge in [0.2, 0.25) is 0 Å². The van der Waals surface area contributed by atoms with E-state index < -0.39 is 0 Å². The van der Waals surface area contributed by atoms with Gasteiger partial charge in [0.15, 0.2) is 0 Å². The van der Waals surface area contributed by atoms with Gasteiger partial charge >= 0.3 is 0 Å². The normalized spacial score (nSPS) is 10.7. The molecule has 1 aromatic heterocycles. The van der Waals surface area contributed by atoms with E-state index >= 15 is 0 Å². The molecule has 0 aliphatic rings. The van der Waals surface area contributed by atoms with Gasteiger partial charge in [0, 0.05) is 12.7 Å².